The SMILES string of the molecule is CCCC/C=C/[C@H]1CC[C@H](C2CCC(OCCCCCC)CC2)CC1. The summed E-state index contributed by atoms with van der Waals surface area (Å²) in [5, 5.41) is 0. The van der Waals surface area contributed by atoms with Crippen LogP contribution in [0.25, 0.3) is 0 Å². The van der Waals surface area contributed by atoms with E-state index in [-0.39, 0.29) is 0 Å². The average molecular weight is 349 g/mol. The van der Waals surface area contributed by atoms with E-state index in [2.05, 4.69) is 26.0 Å². The first-order chi connectivity index (χ1) is 12.3. The first kappa shape index (κ1) is 21.0. The Balaban J connectivity index is 1.55. The van der Waals surface area contributed by atoms with Gasteiger partial charge in [0, 0.05) is 6.61 Å². The molecule has 0 aromatic heterocycles. The number of ether oxygens (including phenoxy) is 1. The van der Waals surface area contributed by atoms with Gasteiger partial charge in [0.15, 0.2) is 0 Å². The molecule has 0 bridgehead atoms. The molecule has 0 heterocycles. The second-order valence-corrected chi connectivity index (χ2v) is 8.71. The van der Waals surface area contributed by atoms with E-state index in [9.17, 15) is 0 Å². The Morgan fingerprint density at radius 3 is 2.00 bits per heavy atom. The highest BCUT2D eigenvalue weighted by Gasteiger charge is 2.30. The monoisotopic (exact) mass is 348 g/mol. The molecule has 2 aliphatic carbocycles. The van der Waals surface area contributed by atoms with Gasteiger partial charge in [-0.3, -0.25) is 0 Å². The van der Waals surface area contributed by atoms with E-state index in [4.69, 9.17) is 4.74 Å². The molecule has 0 amide bonds. The van der Waals surface area contributed by atoms with Gasteiger partial charge < -0.3 is 4.74 Å². The van der Waals surface area contributed by atoms with Crippen molar-refractivity contribution in [3.8, 4) is 0 Å². The van der Waals surface area contributed by atoms with Gasteiger partial charge in [-0.25, -0.2) is 0 Å². The fourth-order valence-corrected chi connectivity index (χ4v) is 4.93. The number of rotatable bonds is 11. The van der Waals surface area contributed by atoms with Crippen molar-refractivity contribution in [2.75, 3.05) is 6.61 Å². The summed E-state index contributed by atoms with van der Waals surface area (Å²) in [5.74, 6) is 2.91. The lowest BCUT2D eigenvalue weighted by Crippen LogP contribution is -2.28. The highest BCUT2D eigenvalue weighted by atomic mass is 16.5. The van der Waals surface area contributed by atoms with E-state index in [1.54, 1.807) is 0 Å². The summed E-state index contributed by atoms with van der Waals surface area (Å²) in [6.45, 7) is 5.56. The predicted molar refractivity (Wildman–Crippen MR) is 110 cm³/mol. The first-order valence-corrected chi connectivity index (χ1v) is 11.6. The summed E-state index contributed by atoms with van der Waals surface area (Å²) in [6.07, 6.45) is 26.2. The Morgan fingerprint density at radius 2 is 1.36 bits per heavy atom. The van der Waals surface area contributed by atoms with Gasteiger partial charge in [-0.05, 0) is 82.0 Å². The molecule has 2 rings (SSSR count). The van der Waals surface area contributed by atoms with Crippen molar-refractivity contribution in [1.29, 1.82) is 0 Å². The Bertz CT molecular complexity index is 332. The van der Waals surface area contributed by atoms with Crippen molar-refractivity contribution in [2.45, 2.75) is 116 Å². The molecule has 0 spiro atoms. The number of hydrogen-bond acceptors (Lipinski definition) is 1. The Labute approximate surface area is 158 Å². The highest BCUT2D eigenvalue weighted by molar-refractivity contribution is 4.92. The summed E-state index contributed by atoms with van der Waals surface area (Å²) in [6, 6.07) is 0. The summed E-state index contributed by atoms with van der Waals surface area (Å²) >= 11 is 0. The summed E-state index contributed by atoms with van der Waals surface area (Å²) in [5.41, 5.74) is 0. The second-order valence-electron chi connectivity index (χ2n) is 8.71. The molecule has 2 saturated carbocycles. The third-order valence-corrected chi connectivity index (χ3v) is 6.69. The topological polar surface area (TPSA) is 9.23 Å². The predicted octanol–water partition coefficient (Wildman–Crippen LogP) is 7.69. The molecule has 1 nitrogen and oxygen atoms in total. The van der Waals surface area contributed by atoms with Gasteiger partial charge in [-0.1, -0.05) is 58.1 Å². The number of hydrogen-bond donors (Lipinski definition) is 0. The maximum absolute atomic E-state index is 6.14. The van der Waals surface area contributed by atoms with Crippen LogP contribution in [0, 0.1) is 17.8 Å². The average Bonchev–Trinajstić information content (AvgIpc) is 2.66. The molecule has 0 N–H and O–H groups in total. The third kappa shape index (κ3) is 8.29. The van der Waals surface area contributed by atoms with Crippen molar-refractivity contribution < 1.29 is 4.74 Å². The first-order valence-electron chi connectivity index (χ1n) is 11.6. The maximum atomic E-state index is 6.14. The fraction of sp³-hybridized carbons (Fsp3) is 0.917. The van der Waals surface area contributed by atoms with Crippen molar-refractivity contribution >= 4 is 0 Å². The van der Waals surface area contributed by atoms with Crippen LogP contribution in [0.3, 0.4) is 0 Å². The third-order valence-electron chi connectivity index (χ3n) is 6.69. The van der Waals surface area contributed by atoms with Gasteiger partial charge in [-0.2, -0.15) is 0 Å². The van der Waals surface area contributed by atoms with Gasteiger partial charge in [-0.15, -0.1) is 0 Å². The van der Waals surface area contributed by atoms with E-state index < -0.39 is 0 Å². The Hall–Kier alpha value is -0.300. The van der Waals surface area contributed by atoms with Crippen LogP contribution in [-0.4, -0.2) is 12.7 Å². The van der Waals surface area contributed by atoms with Crippen LogP contribution in [0.1, 0.15) is 110 Å². The van der Waals surface area contributed by atoms with Crippen molar-refractivity contribution in [2.24, 2.45) is 17.8 Å². The molecule has 2 aliphatic rings. The van der Waals surface area contributed by atoms with Gasteiger partial charge in [0.25, 0.3) is 0 Å². The van der Waals surface area contributed by atoms with E-state index in [1.807, 2.05) is 0 Å². The largest absolute Gasteiger partial charge is 0.378 e. The molecule has 0 aliphatic heterocycles. The van der Waals surface area contributed by atoms with Gasteiger partial charge >= 0.3 is 0 Å². The molecule has 0 radical (unpaired) electrons. The molecule has 0 saturated heterocycles. The zero-order valence-electron chi connectivity index (χ0n) is 17.2. The molecular weight excluding hydrogens is 304 g/mol. The molecule has 25 heavy (non-hydrogen) atoms. The molecule has 0 aromatic carbocycles. The van der Waals surface area contributed by atoms with Crippen LogP contribution in [0.5, 0.6) is 0 Å². The van der Waals surface area contributed by atoms with Crippen LogP contribution < -0.4 is 0 Å². The molecule has 0 aromatic rings. The van der Waals surface area contributed by atoms with Crippen molar-refractivity contribution in [1.82, 2.24) is 0 Å². The second kappa shape index (κ2) is 13.0. The van der Waals surface area contributed by atoms with Crippen LogP contribution in [0.15, 0.2) is 12.2 Å². The molecule has 0 unspecified atom stereocenters. The van der Waals surface area contributed by atoms with E-state index in [1.165, 1.54) is 96.3 Å². The highest BCUT2D eigenvalue weighted by Crippen LogP contribution is 2.40. The lowest BCUT2D eigenvalue weighted by Gasteiger charge is -2.37. The minimum absolute atomic E-state index is 0.579. The quantitative estimate of drug-likeness (QED) is 0.274. The standard InChI is InChI=1S/C24H44O/c1-3-5-7-9-11-21-12-14-22(15-13-21)23-16-18-24(19-17-23)25-20-10-8-6-4-2/h9,11,21-24H,3-8,10,12-20H2,1-2H3/b11-9+/t21-,22-,23?,24?. The normalized spacial score (nSPS) is 30.8. The lowest BCUT2D eigenvalue weighted by molar-refractivity contribution is 0.00597. The summed E-state index contributed by atoms with van der Waals surface area (Å²) < 4.78 is 6.14. The van der Waals surface area contributed by atoms with Gasteiger partial charge in [0.2, 0.25) is 0 Å². The van der Waals surface area contributed by atoms with Gasteiger partial charge in [0.1, 0.15) is 0 Å². The minimum atomic E-state index is 0.579. The van der Waals surface area contributed by atoms with Crippen LogP contribution >= 0.6 is 0 Å². The van der Waals surface area contributed by atoms with E-state index in [0.29, 0.717) is 6.10 Å². The fourth-order valence-electron chi connectivity index (χ4n) is 4.93. The molecule has 0 atom stereocenters. The Kier molecular flexibility index (Phi) is 10.9. The van der Waals surface area contributed by atoms with Crippen molar-refractivity contribution in [3.63, 3.8) is 0 Å². The lowest BCUT2D eigenvalue weighted by atomic mass is 9.70. The van der Waals surface area contributed by atoms with Crippen LogP contribution in [0.2, 0.25) is 0 Å². The van der Waals surface area contributed by atoms with Crippen LogP contribution in [0.4, 0.5) is 0 Å². The molecule has 146 valence electrons. The molecule has 1 heteroatoms. The molecule has 2 fully saturated rings. The van der Waals surface area contributed by atoms with Crippen molar-refractivity contribution in [3.05, 3.63) is 12.2 Å². The number of unbranched alkanes of at least 4 members (excludes halogenated alkanes) is 5. The zero-order valence-corrected chi connectivity index (χ0v) is 17.2. The van der Waals surface area contributed by atoms with Crippen LogP contribution in [-0.2, 0) is 4.74 Å². The zero-order chi connectivity index (χ0) is 17.7. The summed E-state index contributed by atoms with van der Waals surface area (Å²) in [4.78, 5) is 0. The maximum Gasteiger partial charge on any atom is 0.0575 e. The van der Waals surface area contributed by atoms with Gasteiger partial charge in [0.05, 0.1) is 6.10 Å². The number of allylic oxidation sites excluding steroid dienone is 2. The summed E-state index contributed by atoms with van der Waals surface area (Å²) in [7, 11) is 0. The molecular formula is C24H44O. The van der Waals surface area contributed by atoms with E-state index in [0.717, 1.165) is 24.4 Å². The minimum Gasteiger partial charge on any atom is -0.378 e. The Morgan fingerprint density at radius 1 is 0.720 bits per heavy atom. The smallest absolute Gasteiger partial charge is 0.0575 e. The van der Waals surface area contributed by atoms with E-state index >= 15 is 0 Å².